The first-order valence-corrected chi connectivity index (χ1v) is 8.12. The van der Waals surface area contributed by atoms with Gasteiger partial charge in [-0.25, -0.2) is 0 Å². The van der Waals surface area contributed by atoms with Gasteiger partial charge in [-0.2, -0.15) is 0 Å². The smallest absolute Gasteiger partial charge is 0.0408 e. The maximum Gasteiger partial charge on any atom is 0.0408 e. The lowest BCUT2D eigenvalue weighted by atomic mass is 9.83. The highest BCUT2D eigenvalue weighted by Crippen LogP contribution is 2.36. The molecule has 0 N–H and O–H groups in total. The molecule has 1 aromatic carbocycles. The van der Waals surface area contributed by atoms with E-state index in [1.54, 1.807) is 0 Å². The van der Waals surface area contributed by atoms with Crippen molar-refractivity contribution in [2.75, 3.05) is 5.33 Å². The minimum atomic E-state index is 0.631. The van der Waals surface area contributed by atoms with Crippen LogP contribution in [0.25, 0.3) is 0 Å². The van der Waals surface area contributed by atoms with E-state index in [-0.39, 0.29) is 0 Å². The summed E-state index contributed by atoms with van der Waals surface area (Å²) in [5.41, 5.74) is 1.40. The Morgan fingerprint density at radius 2 is 1.88 bits per heavy atom. The van der Waals surface area contributed by atoms with Crippen LogP contribution >= 0.6 is 27.5 Å². The Hall–Kier alpha value is -0.0100. The molecule has 1 aliphatic rings. The minimum Gasteiger partial charge on any atom is -0.0921 e. The van der Waals surface area contributed by atoms with E-state index in [0.717, 1.165) is 16.3 Å². The number of halogens is 2. The van der Waals surface area contributed by atoms with Crippen LogP contribution in [0.4, 0.5) is 0 Å². The average Bonchev–Trinajstić information content (AvgIpc) is 2.59. The molecule has 0 bridgehead atoms. The standard InChI is InChI=1S/C15H20BrCl/c16-11-15(12-6-3-1-2-4-7-12)13-8-5-9-14(17)10-13/h5,8-10,12,15H,1-4,6-7,11H2. The first-order chi connectivity index (χ1) is 8.31. The zero-order valence-electron chi connectivity index (χ0n) is 10.2. The summed E-state index contributed by atoms with van der Waals surface area (Å²) in [5, 5.41) is 1.92. The van der Waals surface area contributed by atoms with Crippen LogP contribution in [0.15, 0.2) is 24.3 Å². The normalized spacial score (nSPS) is 19.9. The van der Waals surface area contributed by atoms with Crippen LogP contribution in [0.2, 0.25) is 5.02 Å². The third-order valence-electron chi connectivity index (χ3n) is 3.91. The lowest BCUT2D eigenvalue weighted by Crippen LogP contribution is -2.14. The van der Waals surface area contributed by atoms with Gasteiger partial charge in [0.25, 0.3) is 0 Å². The molecule has 1 fully saturated rings. The van der Waals surface area contributed by atoms with Crippen molar-refractivity contribution >= 4 is 27.5 Å². The van der Waals surface area contributed by atoms with E-state index in [1.165, 1.54) is 44.1 Å². The summed E-state index contributed by atoms with van der Waals surface area (Å²) in [6.45, 7) is 0. The van der Waals surface area contributed by atoms with E-state index in [4.69, 9.17) is 11.6 Å². The zero-order chi connectivity index (χ0) is 12.1. The number of hydrogen-bond acceptors (Lipinski definition) is 0. The molecular formula is C15H20BrCl. The summed E-state index contributed by atoms with van der Waals surface area (Å²) in [5.74, 6) is 1.46. The van der Waals surface area contributed by atoms with Crippen LogP contribution in [-0.2, 0) is 0 Å². The summed E-state index contributed by atoms with van der Waals surface area (Å²) < 4.78 is 0. The van der Waals surface area contributed by atoms with E-state index < -0.39 is 0 Å². The molecule has 1 aliphatic carbocycles. The largest absolute Gasteiger partial charge is 0.0921 e. The Bertz CT molecular complexity index is 343. The molecule has 0 amide bonds. The summed E-state index contributed by atoms with van der Waals surface area (Å²) in [4.78, 5) is 0. The van der Waals surface area contributed by atoms with Gasteiger partial charge in [0.1, 0.15) is 0 Å². The molecule has 1 aromatic rings. The molecular weight excluding hydrogens is 296 g/mol. The minimum absolute atomic E-state index is 0.631. The van der Waals surface area contributed by atoms with Gasteiger partial charge in [0.2, 0.25) is 0 Å². The van der Waals surface area contributed by atoms with E-state index in [2.05, 4.69) is 34.1 Å². The van der Waals surface area contributed by atoms with Gasteiger partial charge >= 0.3 is 0 Å². The lowest BCUT2D eigenvalue weighted by molar-refractivity contribution is 0.400. The molecule has 94 valence electrons. The zero-order valence-corrected chi connectivity index (χ0v) is 12.5. The average molecular weight is 316 g/mol. The van der Waals surface area contributed by atoms with Gasteiger partial charge in [-0.05, 0) is 42.4 Å². The topological polar surface area (TPSA) is 0 Å². The quantitative estimate of drug-likeness (QED) is 0.489. The van der Waals surface area contributed by atoms with Gasteiger partial charge in [0.05, 0.1) is 0 Å². The highest BCUT2D eigenvalue weighted by molar-refractivity contribution is 9.09. The molecule has 0 saturated heterocycles. The van der Waals surface area contributed by atoms with Crippen LogP contribution in [0, 0.1) is 5.92 Å². The van der Waals surface area contributed by atoms with Gasteiger partial charge in [-0.15, -0.1) is 0 Å². The fraction of sp³-hybridized carbons (Fsp3) is 0.600. The SMILES string of the molecule is Clc1cccc(C(CBr)C2CCCCCC2)c1. The van der Waals surface area contributed by atoms with Crippen molar-refractivity contribution in [3.63, 3.8) is 0 Å². The fourth-order valence-electron chi connectivity index (χ4n) is 2.94. The van der Waals surface area contributed by atoms with E-state index in [0.29, 0.717) is 5.92 Å². The Morgan fingerprint density at radius 1 is 1.18 bits per heavy atom. The van der Waals surface area contributed by atoms with Crippen LogP contribution in [0.3, 0.4) is 0 Å². The van der Waals surface area contributed by atoms with Crippen molar-refractivity contribution in [3.8, 4) is 0 Å². The summed E-state index contributed by atoms with van der Waals surface area (Å²) in [7, 11) is 0. The first kappa shape index (κ1) is 13.4. The first-order valence-electron chi connectivity index (χ1n) is 6.62. The van der Waals surface area contributed by atoms with Crippen molar-refractivity contribution in [1.82, 2.24) is 0 Å². The molecule has 0 aliphatic heterocycles. The maximum absolute atomic E-state index is 6.10. The predicted octanol–water partition coefficient (Wildman–Crippen LogP) is 5.79. The summed E-state index contributed by atoms with van der Waals surface area (Å²) >= 11 is 9.80. The van der Waals surface area contributed by atoms with E-state index in [9.17, 15) is 0 Å². The second-order valence-corrected chi connectivity index (χ2v) is 6.15. The van der Waals surface area contributed by atoms with Crippen molar-refractivity contribution in [1.29, 1.82) is 0 Å². The van der Waals surface area contributed by atoms with Gasteiger partial charge in [0.15, 0.2) is 0 Å². The molecule has 2 heteroatoms. The molecule has 17 heavy (non-hydrogen) atoms. The monoisotopic (exact) mass is 314 g/mol. The molecule has 1 saturated carbocycles. The number of rotatable bonds is 3. The van der Waals surface area contributed by atoms with Gasteiger partial charge < -0.3 is 0 Å². The third-order valence-corrected chi connectivity index (χ3v) is 4.84. The van der Waals surface area contributed by atoms with Crippen LogP contribution in [-0.4, -0.2) is 5.33 Å². The summed E-state index contributed by atoms with van der Waals surface area (Å²) in [6, 6.07) is 8.40. The lowest BCUT2D eigenvalue weighted by Gasteiger charge is -2.25. The molecule has 0 radical (unpaired) electrons. The molecule has 0 nitrogen and oxygen atoms in total. The molecule has 0 heterocycles. The number of alkyl halides is 1. The van der Waals surface area contributed by atoms with Crippen molar-refractivity contribution in [2.45, 2.75) is 44.4 Å². The second kappa shape index (κ2) is 6.80. The Kier molecular flexibility index (Phi) is 5.37. The van der Waals surface area contributed by atoms with E-state index >= 15 is 0 Å². The second-order valence-electron chi connectivity index (χ2n) is 5.07. The van der Waals surface area contributed by atoms with Crippen molar-refractivity contribution < 1.29 is 0 Å². The Morgan fingerprint density at radius 3 is 2.47 bits per heavy atom. The highest BCUT2D eigenvalue weighted by atomic mass is 79.9. The van der Waals surface area contributed by atoms with Crippen molar-refractivity contribution in [3.05, 3.63) is 34.9 Å². The number of hydrogen-bond donors (Lipinski definition) is 0. The van der Waals surface area contributed by atoms with Crippen LogP contribution in [0.5, 0.6) is 0 Å². The predicted molar refractivity (Wildman–Crippen MR) is 79.2 cm³/mol. The van der Waals surface area contributed by atoms with Crippen LogP contribution in [0.1, 0.15) is 50.0 Å². The highest BCUT2D eigenvalue weighted by Gasteiger charge is 2.23. The molecule has 2 rings (SSSR count). The van der Waals surface area contributed by atoms with Gasteiger partial charge in [0, 0.05) is 10.4 Å². The summed E-state index contributed by atoms with van der Waals surface area (Å²) in [6.07, 6.45) is 8.39. The van der Waals surface area contributed by atoms with Crippen LogP contribution < -0.4 is 0 Å². The molecule has 0 aromatic heterocycles. The van der Waals surface area contributed by atoms with Gasteiger partial charge in [-0.3, -0.25) is 0 Å². The van der Waals surface area contributed by atoms with E-state index in [1.807, 2.05) is 6.07 Å². The van der Waals surface area contributed by atoms with Crippen molar-refractivity contribution in [2.24, 2.45) is 5.92 Å². The fourth-order valence-corrected chi connectivity index (χ4v) is 4.04. The molecule has 0 spiro atoms. The van der Waals surface area contributed by atoms with Gasteiger partial charge in [-0.1, -0.05) is 65.3 Å². The molecule has 1 atom stereocenters. The maximum atomic E-state index is 6.10. The molecule has 1 unspecified atom stereocenters. The Balaban J connectivity index is 2.14. The Labute approximate surface area is 118 Å². The third kappa shape index (κ3) is 3.72. The number of benzene rings is 1.